The number of sulfonamides is 1. The van der Waals surface area contributed by atoms with Crippen molar-refractivity contribution in [3.8, 4) is 17.2 Å². The van der Waals surface area contributed by atoms with Crippen LogP contribution in [0.4, 0.5) is 5.69 Å². The van der Waals surface area contributed by atoms with Crippen LogP contribution in [0.3, 0.4) is 0 Å². The smallest absolute Gasteiger partial charge is 0.334 e. The second-order valence-electron chi connectivity index (χ2n) is 8.46. The molecule has 5 rings (SSSR count). The molecule has 0 amide bonds. The number of imidazole rings is 1. The number of anilines is 1. The number of pyridine rings is 1. The van der Waals surface area contributed by atoms with E-state index in [1.165, 1.54) is 30.3 Å². The number of nitrogens with zero attached hydrogens (tertiary/aromatic N) is 5. The second kappa shape index (κ2) is 9.85. The summed E-state index contributed by atoms with van der Waals surface area (Å²) in [6.07, 6.45) is 5.92. The van der Waals surface area contributed by atoms with Crippen LogP contribution < -0.4 is 4.31 Å². The predicted molar refractivity (Wildman–Crippen MR) is 146 cm³/mol. The molecule has 196 valence electrons. The van der Waals surface area contributed by atoms with Crippen molar-refractivity contribution in [2.45, 2.75) is 4.90 Å². The Kier molecular flexibility index (Phi) is 6.85. The highest BCUT2D eigenvalue weighted by Crippen LogP contribution is 2.40. The Hall–Kier alpha value is -3.18. The highest BCUT2D eigenvalue weighted by molar-refractivity contribution is 7.93. The van der Waals surface area contributed by atoms with Crippen molar-refractivity contribution in [1.82, 2.24) is 19.1 Å². The van der Waals surface area contributed by atoms with E-state index in [4.69, 9.17) is 23.2 Å². The fourth-order valence-corrected chi connectivity index (χ4v) is 7.50. The summed E-state index contributed by atoms with van der Waals surface area (Å²) in [6.45, 7) is 0. The topological polar surface area (TPSA) is 131 Å². The van der Waals surface area contributed by atoms with Gasteiger partial charge in [0.1, 0.15) is 17.9 Å². The van der Waals surface area contributed by atoms with Gasteiger partial charge in [-0.2, -0.15) is 0 Å². The Balaban J connectivity index is 1.59. The maximum atomic E-state index is 13.5. The van der Waals surface area contributed by atoms with E-state index in [-0.39, 0.29) is 20.6 Å². The first-order valence-corrected chi connectivity index (χ1v) is 15.0. The second-order valence-corrected chi connectivity index (χ2v) is 12.8. The van der Waals surface area contributed by atoms with E-state index < -0.39 is 23.9 Å². The van der Waals surface area contributed by atoms with Crippen molar-refractivity contribution in [2.75, 3.05) is 10.6 Å². The lowest BCUT2D eigenvalue weighted by Gasteiger charge is -2.25. The van der Waals surface area contributed by atoms with Crippen molar-refractivity contribution in [3.63, 3.8) is 0 Å². The molecular weight excluding hydrogens is 572 g/mol. The van der Waals surface area contributed by atoms with Gasteiger partial charge in [0.25, 0.3) is 10.0 Å². The normalized spacial score (nSPS) is 12.2. The van der Waals surface area contributed by atoms with Crippen molar-refractivity contribution >= 4 is 57.4 Å². The van der Waals surface area contributed by atoms with Crippen LogP contribution in [0.15, 0.2) is 84.3 Å². The zero-order valence-corrected chi connectivity index (χ0v) is 22.9. The molecule has 0 fully saturated rings. The highest BCUT2D eigenvalue weighted by atomic mass is 35.5. The van der Waals surface area contributed by atoms with E-state index >= 15 is 0 Å². The summed E-state index contributed by atoms with van der Waals surface area (Å²) in [5.74, 6) is 1.38. The lowest BCUT2D eigenvalue weighted by molar-refractivity contribution is 0.373. The fraction of sp³-hybridized carbons (Fsp3) is 0.0833. The largest absolute Gasteiger partial charge is 0.345 e. The van der Waals surface area contributed by atoms with Gasteiger partial charge in [-0.15, -0.1) is 0 Å². The lowest BCUT2D eigenvalue weighted by Crippen LogP contribution is -2.32. The first-order valence-electron chi connectivity index (χ1n) is 11.0. The SMILES string of the molecule is Cn1ccnc1-c1ccnc(-n2ccc3cc(N(CP(=O)(O)O)S(=O)(=O)c4cc(Cl)cc(Cl)c4)ccc32)c1. The molecule has 0 unspecified atom stereocenters. The molecule has 14 heteroatoms. The van der Waals surface area contributed by atoms with Crippen molar-refractivity contribution in [2.24, 2.45) is 7.05 Å². The van der Waals surface area contributed by atoms with Crippen molar-refractivity contribution in [1.29, 1.82) is 0 Å². The van der Waals surface area contributed by atoms with Gasteiger partial charge in [0.15, 0.2) is 0 Å². The zero-order chi connectivity index (χ0) is 27.2. The Bertz CT molecular complexity index is 1810. The number of hydrogen-bond donors (Lipinski definition) is 2. The molecule has 38 heavy (non-hydrogen) atoms. The molecule has 0 atom stereocenters. The third-order valence-electron chi connectivity index (χ3n) is 5.77. The minimum Gasteiger partial charge on any atom is -0.334 e. The Morgan fingerprint density at radius 3 is 2.34 bits per heavy atom. The Labute approximate surface area is 227 Å². The van der Waals surface area contributed by atoms with Gasteiger partial charge in [-0.3, -0.25) is 8.87 Å². The summed E-state index contributed by atoms with van der Waals surface area (Å²) in [7, 11) is -7.35. The van der Waals surface area contributed by atoms with Crippen LogP contribution in [0, 0.1) is 0 Å². The van der Waals surface area contributed by atoms with E-state index in [1.54, 1.807) is 30.7 Å². The average molecular weight is 592 g/mol. The molecule has 5 aromatic rings. The minimum atomic E-state index is -4.81. The molecule has 3 heterocycles. The summed E-state index contributed by atoms with van der Waals surface area (Å²) in [5.41, 5.74) is 1.63. The van der Waals surface area contributed by atoms with Crippen LogP contribution in [0.2, 0.25) is 10.0 Å². The van der Waals surface area contributed by atoms with Gasteiger partial charge in [-0.25, -0.2) is 18.4 Å². The van der Waals surface area contributed by atoms with E-state index in [1.807, 2.05) is 34.5 Å². The summed E-state index contributed by atoms with van der Waals surface area (Å²) in [4.78, 5) is 27.9. The van der Waals surface area contributed by atoms with Gasteiger partial charge in [0.05, 0.1) is 16.1 Å². The number of rotatable bonds is 7. The van der Waals surface area contributed by atoms with Crippen LogP contribution in [-0.4, -0.2) is 43.6 Å². The summed E-state index contributed by atoms with van der Waals surface area (Å²) >= 11 is 12.0. The summed E-state index contributed by atoms with van der Waals surface area (Å²) in [6, 6.07) is 13.9. The number of fused-ring (bicyclic) bond motifs is 1. The molecule has 0 saturated carbocycles. The minimum absolute atomic E-state index is 0.0596. The quantitative estimate of drug-likeness (QED) is 0.253. The molecule has 0 saturated heterocycles. The number of aromatic nitrogens is 4. The van der Waals surface area contributed by atoms with E-state index in [9.17, 15) is 22.8 Å². The van der Waals surface area contributed by atoms with Gasteiger partial charge in [-0.1, -0.05) is 23.2 Å². The molecule has 10 nitrogen and oxygen atoms in total. The van der Waals surface area contributed by atoms with Crippen LogP contribution in [0.1, 0.15) is 0 Å². The van der Waals surface area contributed by atoms with Crippen LogP contribution in [-0.2, 0) is 21.6 Å². The zero-order valence-electron chi connectivity index (χ0n) is 19.7. The fourth-order valence-electron chi connectivity index (χ4n) is 4.09. The molecular formula is C24H20Cl2N5O5PS. The van der Waals surface area contributed by atoms with Gasteiger partial charge >= 0.3 is 7.60 Å². The Morgan fingerprint density at radius 1 is 0.947 bits per heavy atom. The van der Waals surface area contributed by atoms with E-state index in [0.717, 1.165) is 11.4 Å². The van der Waals surface area contributed by atoms with Crippen LogP contribution >= 0.6 is 30.8 Å². The summed E-state index contributed by atoms with van der Waals surface area (Å²) in [5, 5.41) is 0.766. The van der Waals surface area contributed by atoms with Crippen LogP contribution in [0.5, 0.6) is 0 Å². The maximum Gasteiger partial charge on any atom is 0.345 e. The molecule has 2 N–H and O–H groups in total. The molecule has 0 spiro atoms. The predicted octanol–water partition coefficient (Wildman–Crippen LogP) is 5.06. The van der Waals surface area contributed by atoms with Gasteiger partial charge in [-0.05, 0) is 54.6 Å². The van der Waals surface area contributed by atoms with Gasteiger partial charge in [0, 0.05) is 52.8 Å². The van der Waals surface area contributed by atoms with Gasteiger partial charge in [0.2, 0.25) is 0 Å². The van der Waals surface area contributed by atoms with Crippen LogP contribution in [0.25, 0.3) is 28.1 Å². The lowest BCUT2D eigenvalue weighted by atomic mass is 10.2. The molecule has 0 bridgehead atoms. The molecule has 0 aliphatic rings. The first-order chi connectivity index (χ1) is 17.9. The molecule has 0 aliphatic carbocycles. The maximum absolute atomic E-state index is 13.5. The molecule has 0 aliphatic heterocycles. The van der Waals surface area contributed by atoms with E-state index in [2.05, 4.69) is 9.97 Å². The van der Waals surface area contributed by atoms with Gasteiger partial charge < -0.3 is 18.9 Å². The third kappa shape index (κ3) is 5.22. The first kappa shape index (κ1) is 26.4. The highest BCUT2D eigenvalue weighted by Gasteiger charge is 2.32. The third-order valence-corrected chi connectivity index (χ3v) is 8.80. The number of benzene rings is 2. The van der Waals surface area contributed by atoms with E-state index in [0.29, 0.717) is 21.0 Å². The van der Waals surface area contributed by atoms with Crippen molar-refractivity contribution in [3.05, 3.63) is 89.4 Å². The number of hydrogen-bond acceptors (Lipinski definition) is 5. The number of halogens is 2. The summed E-state index contributed by atoms with van der Waals surface area (Å²) < 4.78 is 43.3. The monoisotopic (exact) mass is 591 g/mol. The molecule has 0 radical (unpaired) electrons. The average Bonchev–Trinajstić information content (AvgIpc) is 3.47. The Morgan fingerprint density at radius 2 is 1.68 bits per heavy atom. The molecule has 3 aromatic heterocycles. The van der Waals surface area contributed by atoms with Crippen molar-refractivity contribution < 1.29 is 22.8 Å². The number of aryl methyl sites for hydroxylation is 1. The standard InChI is InChI=1S/C24H20Cl2N5O5PS/c1-29-9-7-28-24(29)17-4-6-27-23(11-17)30-8-5-16-10-20(2-3-22(16)30)31(15-37(32,33)34)38(35,36)21-13-18(25)12-19(26)14-21/h2-14H,15H2,1H3,(H2,32,33,34). The molecule has 2 aromatic carbocycles.